The van der Waals surface area contributed by atoms with Crippen molar-refractivity contribution in [1.29, 1.82) is 0 Å². The van der Waals surface area contributed by atoms with E-state index >= 15 is 0 Å². The molecule has 1 aliphatic rings. The molecular weight excluding hydrogens is 418 g/mol. The Kier molecular flexibility index (Phi) is 5.62. The molecule has 0 N–H and O–H groups in total. The Hall–Kier alpha value is -2.92. The minimum absolute atomic E-state index is 0.0427. The molecule has 0 unspecified atom stereocenters. The summed E-state index contributed by atoms with van der Waals surface area (Å²) in [6, 6.07) is 4.37. The largest absolute Gasteiger partial charge is 0.422 e. The third kappa shape index (κ3) is 4.57. The first kappa shape index (κ1) is 20.8. The molecule has 0 spiro atoms. The lowest BCUT2D eigenvalue weighted by Gasteiger charge is -2.10. The van der Waals surface area contributed by atoms with E-state index in [0.717, 1.165) is 6.08 Å². The Morgan fingerprint density at radius 2 is 2.14 bits per heavy atom. The van der Waals surface area contributed by atoms with Crippen LogP contribution in [0.1, 0.15) is 30.0 Å². The van der Waals surface area contributed by atoms with E-state index in [1.807, 2.05) is 0 Å². The third-order valence-electron chi connectivity index (χ3n) is 4.04. The third-order valence-corrected chi connectivity index (χ3v) is 6.88. The second-order valence-corrected chi connectivity index (χ2v) is 9.88. The summed E-state index contributed by atoms with van der Waals surface area (Å²) in [7, 11) is -7.63. The predicted octanol–water partition coefficient (Wildman–Crippen LogP) is 2.05. The summed E-state index contributed by atoms with van der Waals surface area (Å²) in [6.07, 6.45) is 1.09. The minimum atomic E-state index is -4.30. The van der Waals surface area contributed by atoms with Crippen LogP contribution in [0.5, 0.6) is 0 Å². The standard InChI is InChI=1S/C19H15NO7S2/c1-3-26-29(24,25)18(20-2)11-15-8-14-9-16-12-28(22,23)7-5-4-6-13(16)10-17(14)27-19(15)21/h8-11H,3,5,7,12H2,1H3. The van der Waals surface area contributed by atoms with Crippen molar-refractivity contribution >= 4 is 37.0 Å². The van der Waals surface area contributed by atoms with Gasteiger partial charge in [0.2, 0.25) is 0 Å². The SMILES string of the molecule is [C-]#[N+]C(=Cc1cc2cc3c(cc2oc1=O)C#CCCS(=O)(=O)C3)S(=O)(=O)OCC. The van der Waals surface area contributed by atoms with Gasteiger partial charge in [-0.25, -0.2) is 26.5 Å². The van der Waals surface area contributed by atoms with Crippen LogP contribution in [0, 0.1) is 18.4 Å². The number of sulfone groups is 1. The van der Waals surface area contributed by atoms with E-state index in [-0.39, 0.29) is 35.7 Å². The molecule has 3 rings (SSSR count). The highest BCUT2D eigenvalue weighted by molar-refractivity contribution is 7.91. The van der Waals surface area contributed by atoms with Crippen molar-refractivity contribution in [2.45, 2.75) is 19.1 Å². The van der Waals surface area contributed by atoms with E-state index in [1.165, 1.54) is 25.1 Å². The van der Waals surface area contributed by atoms with Crippen LogP contribution in [0.2, 0.25) is 0 Å². The molecule has 2 heterocycles. The average molecular weight is 433 g/mol. The number of rotatable bonds is 4. The monoisotopic (exact) mass is 433 g/mol. The molecule has 29 heavy (non-hydrogen) atoms. The van der Waals surface area contributed by atoms with E-state index in [1.54, 1.807) is 0 Å². The van der Waals surface area contributed by atoms with Gasteiger partial charge in [0.25, 0.3) is 0 Å². The fourth-order valence-electron chi connectivity index (χ4n) is 2.75. The van der Waals surface area contributed by atoms with Gasteiger partial charge in [-0.05, 0) is 36.8 Å². The molecule has 1 aromatic carbocycles. The van der Waals surface area contributed by atoms with E-state index in [4.69, 9.17) is 11.0 Å². The van der Waals surface area contributed by atoms with Crippen molar-refractivity contribution in [1.82, 2.24) is 0 Å². The summed E-state index contributed by atoms with van der Waals surface area (Å²) in [5, 5.41) is -0.379. The molecule has 0 fully saturated rings. The van der Waals surface area contributed by atoms with Gasteiger partial charge >= 0.3 is 20.8 Å². The lowest BCUT2D eigenvalue weighted by Crippen LogP contribution is -2.12. The summed E-state index contributed by atoms with van der Waals surface area (Å²) in [6.45, 7) is 8.36. The Labute approximate surface area is 167 Å². The normalized spacial score (nSPS) is 16.1. The van der Waals surface area contributed by atoms with Crippen LogP contribution in [-0.2, 0) is 29.9 Å². The van der Waals surface area contributed by atoms with Gasteiger partial charge in [0.15, 0.2) is 9.84 Å². The van der Waals surface area contributed by atoms with Gasteiger partial charge in [-0.3, -0.25) is 4.18 Å². The molecule has 0 bridgehead atoms. The number of benzene rings is 1. The first-order chi connectivity index (χ1) is 13.6. The van der Waals surface area contributed by atoms with Crippen molar-refractivity contribution in [3.05, 3.63) is 61.8 Å². The molecule has 0 saturated carbocycles. The second kappa shape index (κ2) is 7.84. The lowest BCUT2D eigenvalue weighted by atomic mass is 10.0. The zero-order chi connectivity index (χ0) is 21.2. The minimum Gasteiger partial charge on any atom is -0.422 e. The van der Waals surface area contributed by atoms with Crippen molar-refractivity contribution < 1.29 is 25.4 Å². The van der Waals surface area contributed by atoms with Crippen molar-refractivity contribution in [2.24, 2.45) is 0 Å². The van der Waals surface area contributed by atoms with Gasteiger partial charge in [0, 0.05) is 17.4 Å². The maximum Gasteiger partial charge on any atom is 0.342 e. The second-order valence-electron chi connectivity index (χ2n) is 6.14. The van der Waals surface area contributed by atoms with Crippen LogP contribution in [0.4, 0.5) is 0 Å². The van der Waals surface area contributed by atoms with Crippen LogP contribution >= 0.6 is 0 Å². The first-order valence-electron chi connectivity index (χ1n) is 8.44. The fraction of sp³-hybridized carbons (Fsp3) is 0.263. The summed E-state index contributed by atoms with van der Waals surface area (Å²) in [5.74, 6) is 5.41. The maximum absolute atomic E-state index is 12.3. The van der Waals surface area contributed by atoms with E-state index in [9.17, 15) is 21.6 Å². The molecule has 0 atom stereocenters. The molecule has 2 aromatic rings. The van der Waals surface area contributed by atoms with Crippen LogP contribution < -0.4 is 5.63 Å². The zero-order valence-electron chi connectivity index (χ0n) is 15.3. The van der Waals surface area contributed by atoms with Gasteiger partial charge in [-0.2, -0.15) is 0 Å². The average Bonchev–Trinajstić information content (AvgIpc) is 2.62. The molecule has 0 radical (unpaired) electrons. The summed E-state index contributed by atoms with van der Waals surface area (Å²) >= 11 is 0. The Morgan fingerprint density at radius 1 is 1.38 bits per heavy atom. The number of hydrogen-bond acceptors (Lipinski definition) is 7. The van der Waals surface area contributed by atoms with Gasteiger partial charge < -0.3 is 4.42 Å². The Morgan fingerprint density at radius 3 is 2.83 bits per heavy atom. The van der Waals surface area contributed by atoms with E-state index in [2.05, 4.69) is 20.9 Å². The number of fused-ring (bicyclic) bond motifs is 2. The first-order valence-corrected chi connectivity index (χ1v) is 11.7. The van der Waals surface area contributed by atoms with E-state index < -0.39 is 30.6 Å². The molecule has 0 amide bonds. The molecule has 1 aliphatic heterocycles. The van der Waals surface area contributed by atoms with Crippen LogP contribution in [0.15, 0.2) is 32.4 Å². The van der Waals surface area contributed by atoms with Crippen LogP contribution in [0.25, 0.3) is 21.9 Å². The van der Waals surface area contributed by atoms with Crippen LogP contribution in [-0.4, -0.2) is 29.2 Å². The Bertz CT molecular complexity index is 1400. The fourth-order valence-corrected chi connectivity index (χ4v) is 4.83. The van der Waals surface area contributed by atoms with Gasteiger partial charge in [-0.15, -0.1) is 0 Å². The zero-order valence-corrected chi connectivity index (χ0v) is 16.9. The van der Waals surface area contributed by atoms with Crippen molar-refractivity contribution in [3.8, 4) is 11.8 Å². The highest BCUT2D eigenvalue weighted by Crippen LogP contribution is 2.24. The molecule has 150 valence electrons. The molecule has 0 saturated heterocycles. The lowest BCUT2D eigenvalue weighted by molar-refractivity contribution is 0.343. The summed E-state index contributed by atoms with van der Waals surface area (Å²) in [4.78, 5) is 15.2. The van der Waals surface area contributed by atoms with Gasteiger partial charge in [0.05, 0.1) is 30.2 Å². The van der Waals surface area contributed by atoms with Crippen molar-refractivity contribution in [2.75, 3.05) is 12.4 Å². The molecule has 10 heteroatoms. The summed E-state index contributed by atoms with van der Waals surface area (Å²) < 4.78 is 58.0. The topological polar surface area (TPSA) is 112 Å². The smallest absolute Gasteiger partial charge is 0.342 e. The highest BCUT2D eigenvalue weighted by atomic mass is 32.2. The number of hydrogen-bond donors (Lipinski definition) is 0. The van der Waals surface area contributed by atoms with Crippen molar-refractivity contribution in [3.63, 3.8) is 0 Å². The number of nitrogens with zero attached hydrogens (tertiary/aromatic N) is 1. The van der Waals surface area contributed by atoms with Gasteiger partial charge in [-0.1, -0.05) is 11.8 Å². The van der Waals surface area contributed by atoms with E-state index in [0.29, 0.717) is 16.5 Å². The quantitative estimate of drug-likeness (QED) is 0.314. The highest BCUT2D eigenvalue weighted by Gasteiger charge is 2.21. The Balaban J connectivity index is 2.20. The molecular formula is C19H15NO7S2. The van der Waals surface area contributed by atoms with Crippen LogP contribution in [0.3, 0.4) is 0 Å². The molecule has 8 nitrogen and oxygen atoms in total. The van der Waals surface area contributed by atoms with Gasteiger partial charge in [0.1, 0.15) is 5.58 Å². The molecule has 1 aromatic heterocycles. The maximum atomic E-state index is 12.3. The molecule has 0 aliphatic carbocycles. The summed E-state index contributed by atoms with van der Waals surface area (Å²) in [5.41, 5.74) is 0.0623. The predicted molar refractivity (Wildman–Crippen MR) is 107 cm³/mol.